The van der Waals surface area contributed by atoms with Gasteiger partial charge in [0, 0.05) is 49.7 Å². The topological polar surface area (TPSA) is 79.7 Å². The van der Waals surface area contributed by atoms with Gasteiger partial charge in [0.1, 0.15) is 18.2 Å². The number of hydrogen-bond acceptors (Lipinski definition) is 7. The van der Waals surface area contributed by atoms with Crippen molar-refractivity contribution in [2.45, 2.75) is 59.2 Å². The molecule has 0 saturated carbocycles. The molecule has 210 valence electrons. The standard InChI is InChI=1S/C33H40N4O3/c1-22-7-5-8-29(30-9-6-10-31(35-30)36-33(38-4)23(2)19-34)32(22)40-21-26-12-11-25-20-37(16-13-28(25)24(26)3)27-14-17-39-18-15-27/h5-12,19,27,34H,13-18,20-21H2,1-4H3,(H,35,36)/b33-23+,34-19?. The molecule has 40 heavy (non-hydrogen) atoms. The number of aromatic nitrogens is 1. The monoisotopic (exact) mass is 540 g/mol. The lowest BCUT2D eigenvalue weighted by Gasteiger charge is -2.38. The number of nitrogens with one attached hydrogen (secondary N) is 2. The van der Waals surface area contributed by atoms with Crippen LogP contribution in [0.25, 0.3) is 11.3 Å². The Morgan fingerprint density at radius 3 is 2.70 bits per heavy atom. The van der Waals surface area contributed by atoms with Crippen molar-refractivity contribution in [1.82, 2.24) is 9.88 Å². The van der Waals surface area contributed by atoms with Crippen LogP contribution >= 0.6 is 0 Å². The number of ether oxygens (including phenoxy) is 3. The van der Waals surface area contributed by atoms with Gasteiger partial charge in [-0.05, 0) is 86.1 Å². The Morgan fingerprint density at radius 2 is 1.93 bits per heavy atom. The third-order valence-electron chi connectivity index (χ3n) is 8.17. The van der Waals surface area contributed by atoms with Crippen LogP contribution in [-0.2, 0) is 29.0 Å². The molecule has 0 atom stereocenters. The minimum absolute atomic E-state index is 0.499. The van der Waals surface area contributed by atoms with Crippen LogP contribution in [0.15, 0.2) is 60.0 Å². The summed E-state index contributed by atoms with van der Waals surface area (Å²) >= 11 is 0. The third-order valence-corrected chi connectivity index (χ3v) is 8.17. The SMILES string of the molecule is CO/C(Nc1cccc(-c2cccc(C)c2OCc2ccc3c(c2C)CCN(C2CCOCC2)C3)n1)=C(\C)C=N. The van der Waals surface area contributed by atoms with Gasteiger partial charge in [-0.15, -0.1) is 0 Å². The van der Waals surface area contributed by atoms with E-state index in [1.54, 1.807) is 7.11 Å². The lowest BCUT2D eigenvalue weighted by molar-refractivity contribution is 0.0290. The molecule has 2 aromatic carbocycles. The minimum Gasteiger partial charge on any atom is -0.488 e. The molecule has 3 aromatic rings. The van der Waals surface area contributed by atoms with Gasteiger partial charge in [-0.2, -0.15) is 0 Å². The zero-order chi connectivity index (χ0) is 28.1. The summed E-state index contributed by atoms with van der Waals surface area (Å²) in [6, 6.07) is 17.2. The van der Waals surface area contributed by atoms with Crippen molar-refractivity contribution in [1.29, 1.82) is 5.41 Å². The molecule has 1 fully saturated rings. The van der Waals surface area contributed by atoms with Crippen molar-refractivity contribution in [3.63, 3.8) is 0 Å². The Morgan fingerprint density at radius 1 is 1.12 bits per heavy atom. The van der Waals surface area contributed by atoms with E-state index < -0.39 is 0 Å². The van der Waals surface area contributed by atoms with Gasteiger partial charge >= 0.3 is 0 Å². The normalized spacial score (nSPS) is 16.6. The zero-order valence-corrected chi connectivity index (χ0v) is 24.0. The van der Waals surface area contributed by atoms with Crippen LogP contribution in [0.5, 0.6) is 5.75 Å². The smallest absolute Gasteiger partial charge is 0.196 e. The van der Waals surface area contributed by atoms with Crippen LogP contribution in [0.3, 0.4) is 0 Å². The van der Waals surface area contributed by atoms with E-state index in [1.807, 2.05) is 31.2 Å². The summed E-state index contributed by atoms with van der Waals surface area (Å²) in [5.41, 5.74) is 9.02. The Balaban J connectivity index is 1.34. The highest BCUT2D eigenvalue weighted by molar-refractivity contribution is 5.76. The first-order valence-corrected chi connectivity index (χ1v) is 14.1. The molecule has 0 bridgehead atoms. The number of fused-ring (bicyclic) bond motifs is 1. The van der Waals surface area contributed by atoms with Gasteiger partial charge in [0.15, 0.2) is 5.88 Å². The molecular weight excluding hydrogens is 500 g/mol. The van der Waals surface area contributed by atoms with E-state index in [2.05, 4.69) is 48.3 Å². The average molecular weight is 541 g/mol. The fraction of sp³-hybridized carbons (Fsp3) is 0.394. The van der Waals surface area contributed by atoms with Gasteiger partial charge in [0.2, 0.25) is 0 Å². The van der Waals surface area contributed by atoms with Gasteiger partial charge in [0.25, 0.3) is 0 Å². The maximum absolute atomic E-state index is 7.53. The lowest BCUT2D eigenvalue weighted by Crippen LogP contribution is -2.42. The Bertz CT molecular complexity index is 1390. The lowest BCUT2D eigenvalue weighted by atomic mass is 9.90. The van der Waals surface area contributed by atoms with E-state index in [4.69, 9.17) is 24.6 Å². The molecule has 0 unspecified atom stereocenters. The molecule has 1 saturated heterocycles. The summed E-state index contributed by atoms with van der Waals surface area (Å²) in [4.78, 5) is 7.48. The second kappa shape index (κ2) is 12.7. The first-order chi connectivity index (χ1) is 19.5. The van der Waals surface area contributed by atoms with E-state index >= 15 is 0 Å². The van der Waals surface area contributed by atoms with Crippen molar-refractivity contribution >= 4 is 12.0 Å². The summed E-state index contributed by atoms with van der Waals surface area (Å²) in [5.74, 6) is 1.98. The Hall–Kier alpha value is -3.68. The summed E-state index contributed by atoms with van der Waals surface area (Å²) in [5, 5.41) is 10.7. The number of rotatable bonds is 9. The number of methoxy groups -OCH3 is 1. The molecule has 2 N–H and O–H groups in total. The van der Waals surface area contributed by atoms with Crippen LogP contribution in [0.2, 0.25) is 0 Å². The van der Waals surface area contributed by atoms with Gasteiger partial charge in [-0.1, -0.05) is 30.3 Å². The molecule has 2 aliphatic heterocycles. The van der Waals surface area contributed by atoms with E-state index in [0.29, 0.717) is 29.9 Å². The van der Waals surface area contributed by atoms with E-state index in [9.17, 15) is 0 Å². The molecule has 2 aliphatic rings. The largest absolute Gasteiger partial charge is 0.488 e. The maximum atomic E-state index is 7.53. The average Bonchev–Trinajstić information content (AvgIpc) is 3.00. The van der Waals surface area contributed by atoms with Crippen LogP contribution < -0.4 is 10.1 Å². The van der Waals surface area contributed by atoms with Crippen molar-refractivity contribution < 1.29 is 14.2 Å². The van der Waals surface area contributed by atoms with Gasteiger partial charge in [0.05, 0.1) is 12.8 Å². The predicted molar refractivity (Wildman–Crippen MR) is 160 cm³/mol. The number of pyridine rings is 1. The highest BCUT2D eigenvalue weighted by atomic mass is 16.5. The Kier molecular flexibility index (Phi) is 8.82. The quantitative estimate of drug-likeness (QED) is 0.241. The summed E-state index contributed by atoms with van der Waals surface area (Å²) in [6.45, 7) is 10.6. The molecule has 5 rings (SSSR count). The molecule has 7 heteroatoms. The van der Waals surface area contributed by atoms with Crippen LogP contribution in [0, 0.1) is 19.3 Å². The Labute approximate surface area is 237 Å². The predicted octanol–water partition coefficient (Wildman–Crippen LogP) is 6.42. The minimum atomic E-state index is 0.499. The van der Waals surface area contributed by atoms with Gasteiger partial charge in [-0.25, -0.2) is 4.98 Å². The second-order valence-electron chi connectivity index (χ2n) is 10.7. The molecule has 3 heterocycles. The number of aryl methyl sites for hydroxylation is 1. The molecule has 1 aromatic heterocycles. The number of para-hydroxylation sites is 1. The number of nitrogens with zero attached hydrogens (tertiary/aromatic N) is 2. The molecule has 0 spiro atoms. The second-order valence-corrected chi connectivity index (χ2v) is 10.7. The first-order valence-electron chi connectivity index (χ1n) is 14.1. The number of hydrogen-bond donors (Lipinski definition) is 2. The van der Waals surface area contributed by atoms with Crippen molar-refractivity contribution in [2.75, 3.05) is 32.2 Å². The third kappa shape index (κ3) is 6.06. The fourth-order valence-electron chi connectivity index (χ4n) is 5.77. The van der Waals surface area contributed by atoms with Crippen molar-refractivity contribution in [2.24, 2.45) is 0 Å². The van der Waals surface area contributed by atoms with Crippen molar-refractivity contribution in [3.8, 4) is 17.0 Å². The van der Waals surface area contributed by atoms with Gasteiger partial charge in [-0.3, -0.25) is 4.90 Å². The van der Waals surface area contributed by atoms with Gasteiger partial charge < -0.3 is 24.9 Å². The number of anilines is 1. The highest BCUT2D eigenvalue weighted by Gasteiger charge is 2.26. The van der Waals surface area contributed by atoms with Crippen LogP contribution in [0.4, 0.5) is 5.82 Å². The van der Waals surface area contributed by atoms with Crippen LogP contribution in [-0.4, -0.2) is 49.0 Å². The molecule has 0 amide bonds. The van der Waals surface area contributed by atoms with E-state index in [0.717, 1.165) is 68.1 Å². The van der Waals surface area contributed by atoms with E-state index in [1.165, 1.54) is 28.5 Å². The number of benzene rings is 2. The van der Waals surface area contributed by atoms with E-state index in [-0.39, 0.29) is 0 Å². The number of allylic oxidation sites excluding steroid dienone is 1. The fourth-order valence-corrected chi connectivity index (χ4v) is 5.77. The van der Waals surface area contributed by atoms with Crippen molar-refractivity contribution in [3.05, 3.63) is 87.8 Å². The molecular formula is C33H40N4O3. The zero-order valence-electron chi connectivity index (χ0n) is 24.0. The maximum Gasteiger partial charge on any atom is 0.196 e. The molecule has 0 aliphatic carbocycles. The van der Waals surface area contributed by atoms with Crippen LogP contribution in [0.1, 0.15) is 47.6 Å². The highest BCUT2D eigenvalue weighted by Crippen LogP contribution is 2.34. The summed E-state index contributed by atoms with van der Waals surface area (Å²) < 4.78 is 17.5. The molecule has 0 radical (unpaired) electrons. The first kappa shape index (κ1) is 27.9. The summed E-state index contributed by atoms with van der Waals surface area (Å²) in [7, 11) is 1.58. The summed E-state index contributed by atoms with van der Waals surface area (Å²) in [6.07, 6.45) is 4.62. The molecule has 7 nitrogen and oxygen atoms in total.